The highest BCUT2D eigenvalue weighted by molar-refractivity contribution is 5.91. The third-order valence-electron chi connectivity index (χ3n) is 4.06. The lowest BCUT2D eigenvalue weighted by Crippen LogP contribution is -2.42. The van der Waals surface area contributed by atoms with Crippen molar-refractivity contribution in [1.82, 2.24) is 5.32 Å². The molecule has 1 fully saturated rings. The summed E-state index contributed by atoms with van der Waals surface area (Å²) in [6.45, 7) is 0.184. The number of rotatable bonds is 5. The number of aliphatic carboxylic acids is 1. The third-order valence-corrected chi connectivity index (χ3v) is 4.06. The maximum atomic E-state index is 11.8. The number of carboxylic acid groups (broad SMARTS) is 1. The number of carboxylic acids is 1. The Morgan fingerprint density at radius 1 is 1.29 bits per heavy atom. The quantitative estimate of drug-likeness (QED) is 0.646. The Morgan fingerprint density at radius 3 is 2.57 bits per heavy atom. The molecule has 1 aliphatic carbocycles. The summed E-state index contributed by atoms with van der Waals surface area (Å²) in [6, 6.07) is 3.48. The molecule has 1 saturated carbocycles. The van der Waals surface area contributed by atoms with Crippen LogP contribution in [-0.4, -0.2) is 23.5 Å². The average Bonchev–Trinajstić information content (AvgIpc) is 2.87. The molecule has 0 aromatic carbocycles. The summed E-state index contributed by atoms with van der Waals surface area (Å²) in [7, 11) is 0. The summed E-state index contributed by atoms with van der Waals surface area (Å²) in [6.07, 6.45) is 9.68. The Hall–Kier alpha value is -2.04. The van der Waals surface area contributed by atoms with Crippen molar-refractivity contribution in [3.05, 3.63) is 30.2 Å². The lowest BCUT2D eigenvalue weighted by atomic mass is 9.80. The van der Waals surface area contributed by atoms with E-state index in [4.69, 9.17) is 4.42 Å². The highest BCUT2D eigenvalue weighted by Crippen LogP contribution is 2.34. The van der Waals surface area contributed by atoms with E-state index < -0.39 is 11.4 Å². The summed E-state index contributed by atoms with van der Waals surface area (Å²) in [5, 5.41) is 12.2. The normalized spacial score (nSPS) is 18.3. The van der Waals surface area contributed by atoms with Crippen molar-refractivity contribution in [2.75, 3.05) is 6.54 Å². The largest absolute Gasteiger partial charge is 0.481 e. The second-order valence-electron chi connectivity index (χ2n) is 5.57. The molecule has 1 heterocycles. The van der Waals surface area contributed by atoms with Crippen molar-refractivity contribution < 1.29 is 19.1 Å². The minimum Gasteiger partial charge on any atom is -0.481 e. The first-order valence-electron chi connectivity index (χ1n) is 7.35. The minimum absolute atomic E-state index is 0.184. The summed E-state index contributed by atoms with van der Waals surface area (Å²) in [5.41, 5.74) is -0.815. The molecule has 1 aromatic rings. The third kappa shape index (κ3) is 4.21. The molecular formula is C16H21NO4. The lowest BCUT2D eigenvalue weighted by molar-refractivity contribution is -0.149. The minimum atomic E-state index is -0.815. The van der Waals surface area contributed by atoms with Crippen LogP contribution in [0.3, 0.4) is 0 Å². The van der Waals surface area contributed by atoms with Gasteiger partial charge in [0.15, 0.2) is 0 Å². The number of hydrogen-bond acceptors (Lipinski definition) is 3. The second-order valence-corrected chi connectivity index (χ2v) is 5.57. The number of furan rings is 1. The molecule has 1 aromatic heterocycles. The van der Waals surface area contributed by atoms with Gasteiger partial charge in [0.25, 0.3) is 0 Å². The zero-order chi connectivity index (χ0) is 15.1. The van der Waals surface area contributed by atoms with Gasteiger partial charge in [0.2, 0.25) is 5.91 Å². The van der Waals surface area contributed by atoms with Gasteiger partial charge in [0.05, 0.1) is 11.7 Å². The zero-order valence-corrected chi connectivity index (χ0v) is 12.0. The van der Waals surface area contributed by atoms with Gasteiger partial charge in [-0.1, -0.05) is 25.7 Å². The first-order chi connectivity index (χ1) is 10.1. The molecule has 21 heavy (non-hydrogen) atoms. The van der Waals surface area contributed by atoms with Crippen LogP contribution in [0.25, 0.3) is 6.08 Å². The van der Waals surface area contributed by atoms with E-state index in [9.17, 15) is 14.7 Å². The Labute approximate surface area is 124 Å². The van der Waals surface area contributed by atoms with E-state index in [1.165, 1.54) is 12.3 Å². The molecule has 5 heteroatoms. The molecule has 0 saturated heterocycles. The monoisotopic (exact) mass is 291 g/mol. The van der Waals surface area contributed by atoms with Crippen LogP contribution in [0, 0.1) is 5.41 Å². The summed E-state index contributed by atoms with van der Waals surface area (Å²) in [4.78, 5) is 23.4. The average molecular weight is 291 g/mol. The van der Waals surface area contributed by atoms with E-state index >= 15 is 0 Å². The highest BCUT2D eigenvalue weighted by atomic mass is 16.4. The Balaban J connectivity index is 1.92. The predicted molar refractivity (Wildman–Crippen MR) is 78.5 cm³/mol. The fourth-order valence-corrected chi connectivity index (χ4v) is 2.73. The molecule has 0 unspecified atom stereocenters. The molecule has 114 valence electrons. The first kappa shape index (κ1) is 15.4. The molecule has 1 amide bonds. The van der Waals surface area contributed by atoms with Crippen molar-refractivity contribution in [3.8, 4) is 0 Å². The summed E-state index contributed by atoms with van der Waals surface area (Å²) < 4.78 is 5.09. The molecule has 5 nitrogen and oxygen atoms in total. The van der Waals surface area contributed by atoms with Gasteiger partial charge in [-0.2, -0.15) is 0 Å². The van der Waals surface area contributed by atoms with E-state index in [2.05, 4.69) is 5.32 Å². The van der Waals surface area contributed by atoms with Gasteiger partial charge in [-0.15, -0.1) is 0 Å². The lowest BCUT2D eigenvalue weighted by Gasteiger charge is -2.27. The first-order valence-corrected chi connectivity index (χ1v) is 7.35. The van der Waals surface area contributed by atoms with Crippen LogP contribution in [0.4, 0.5) is 0 Å². The van der Waals surface area contributed by atoms with Crippen molar-refractivity contribution in [1.29, 1.82) is 0 Å². The van der Waals surface area contributed by atoms with Gasteiger partial charge >= 0.3 is 5.97 Å². The number of hydrogen-bond donors (Lipinski definition) is 2. The molecule has 0 atom stereocenters. The van der Waals surface area contributed by atoms with Crippen LogP contribution in [0.2, 0.25) is 0 Å². The van der Waals surface area contributed by atoms with Gasteiger partial charge in [0, 0.05) is 12.6 Å². The van der Waals surface area contributed by atoms with Gasteiger partial charge in [0.1, 0.15) is 5.76 Å². The smallest absolute Gasteiger partial charge is 0.311 e. The number of nitrogens with one attached hydrogen (secondary N) is 1. The van der Waals surface area contributed by atoms with Crippen LogP contribution in [0.15, 0.2) is 28.9 Å². The topological polar surface area (TPSA) is 79.5 Å². The molecule has 1 aliphatic rings. The number of carbonyl (C=O) groups is 2. The maximum absolute atomic E-state index is 11.8. The summed E-state index contributed by atoms with van der Waals surface area (Å²) in [5.74, 6) is -0.511. The molecule has 0 bridgehead atoms. The van der Waals surface area contributed by atoms with Crippen molar-refractivity contribution in [3.63, 3.8) is 0 Å². The van der Waals surface area contributed by atoms with Crippen LogP contribution < -0.4 is 5.32 Å². The van der Waals surface area contributed by atoms with Crippen LogP contribution >= 0.6 is 0 Å². The number of carbonyl (C=O) groups excluding carboxylic acids is 1. The van der Waals surface area contributed by atoms with E-state index in [-0.39, 0.29) is 12.5 Å². The molecule has 2 N–H and O–H groups in total. The van der Waals surface area contributed by atoms with E-state index in [1.54, 1.807) is 18.2 Å². The Kier molecular flexibility index (Phi) is 5.20. The van der Waals surface area contributed by atoms with Gasteiger partial charge in [-0.3, -0.25) is 9.59 Å². The van der Waals surface area contributed by atoms with Crippen molar-refractivity contribution in [2.45, 2.75) is 38.5 Å². The maximum Gasteiger partial charge on any atom is 0.311 e. The Bertz CT molecular complexity index is 496. The summed E-state index contributed by atoms with van der Waals surface area (Å²) >= 11 is 0. The second kappa shape index (κ2) is 7.11. The zero-order valence-electron chi connectivity index (χ0n) is 12.0. The Morgan fingerprint density at radius 2 is 2.00 bits per heavy atom. The fourth-order valence-electron chi connectivity index (χ4n) is 2.73. The molecule has 0 aliphatic heterocycles. The van der Waals surface area contributed by atoms with Crippen LogP contribution in [0.5, 0.6) is 0 Å². The fraction of sp³-hybridized carbons (Fsp3) is 0.500. The van der Waals surface area contributed by atoms with Gasteiger partial charge in [-0.25, -0.2) is 0 Å². The van der Waals surface area contributed by atoms with Gasteiger partial charge < -0.3 is 14.8 Å². The standard InChI is InChI=1S/C16H21NO4/c18-14(8-7-13-6-5-11-21-13)17-12-16(15(19)20)9-3-1-2-4-10-16/h5-8,11H,1-4,9-10,12H2,(H,17,18)(H,19,20)/b8-7+. The molecule has 2 rings (SSSR count). The molecular weight excluding hydrogens is 270 g/mol. The highest BCUT2D eigenvalue weighted by Gasteiger charge is 2.38. The van der Waals surface area contributed by atoms with Gasteiger partial charge in [-0.05, 0) is 31.1 Å². The van der Waals surface area contributed by atoms with Crippen molar-refractivity contribution >= 4 is 18.0 Å². The van der Waals surface area contributed by atoms with Crippen LogP contribution in [-0.2, 0) is 9.59 Å². The SMILES string of the molecule is O=C(/C=C/c1ccco1)NCC1(C(=O)O)CCCCCC1. The molecule has 0 spiro atoms. The molecule has 0 radical (unpaired) electrons. The van der Waals surface area contributed by atoms with E-state index in [1.807, 2.05) is 0 Å². The predicted octanol–water partition coefficient (Wildman–Crippen LogP) is 2.83. The van der Waals surface area contributed by atoms with Crippen molar-refractivity contribution in [2.24, 2.45) is 5.41 Å². The van der Waals surface area contributed by atoms with E-state index in [0.29, 0.717) is 18.6 Å². The van der Waals surface area contributed by atoms with Crippen LogP contribution in [0.1, 0.15) is 44.3 Å². The number of amides is 1. The van der Waals surface area contributed by atoms with E-state index in [0.717, 1.165) is 25.7 Å².